The van der Waals surface area contributed by atoms with Crippen molar-refractivity contribution in [1.29, 1.82) is 0 Å². The average molecular weight is 466 g/mol. The standard InChI is InChI=1S/C28H39N3O3/c1-4-6-10-21(5-2)27(32)30-24-13-14-26(25(19-24)28(33)29-16-9-18-34-3)31-17-15-22-11-7-8-12-23(22)20-31/h7-8,11-14,19,21H,4-6,9-10,15-18,20H2,1-3H3,(H,29,33)(H,30,32). The van der Waals surface area contributed by atoms with Gasteiger partial charge in [0.2, 0.25) is 5.91 Å². The summed E-state index contributed by atoms with van der Waals surface area (Å²) in [5, 5.41) is 6.08. The van der Waals surface area contributed by atoms with Crippen molar-refractivity contribution < 1.29 is 14.3 Å². The minimum atomic E-state index is -0.126. The number of carbonyl (C=O) groups excluding carboxylic acids is 2. The molecular weight excluding hydrogens is 426 g/mol. The Labute approximate surface area is 204 Å². The fraction of sp³-hybridized carbons (Fsp3) is 0.500. The van der Waals surface area contributed by atoms with Gasteiger partial charge in [0.15, 0.2) is 0 Å². The van der Waals surface area contributed by atoms with Crippen molar-refractivity contribution in [2.45, 2.75) is 58.9 Å². The lowest BCUT2D eigenvalue weighted by Crippen LogP contribution is -2.33. The van der Waals surface area contributed by atoms with Crippen LogP contribution in [0.25, 0.3) is 0 Å². The molecule has 6 nitrogen and oxygen atoms in total. The third kappa shape index (κ3) is 6.83. The van der Waals surface area contributed by atoms with Gasteiger partial charge in [0.25, 0.3) is 5.91 Å². The summed E-state index contributed by atoms with van der Waals surface area (Å²) in [5.74, 6) is -0.106. The molecule has 1 aliphatic rings. The molecule has 6 heteroatoms. The maximum absolute atomic E-state index is 13.2. The van der Waals surface area contributed by atoms with E-state index in [2.05, 4.69) is 53.6 Å². The van der Waals surface area contributed by atoms with Gasteiger partial charge in [-0.2, -0.15) is 0 Å². The lowest BCUT2D eigenvalue weighted by Gasteiger charge is -2.32. The third-order valence-corrected chi connectivity index (χ3v) is 6.56. The Balaban J connectivity index is 1.82. The van der Waals surface area contributed by atoms with E-state index in [0.29, 0.717) is 24.4 Å². The zero-order valence-electron chi connectivity index (χ0n) is 20.9. The van der Waals surface area contributed by atoms with Gasteiger partial charge in [-0.1, -0.05) is 51.0 Å². The topological polar surface area (TPSA) is 70.7 Å². The molecule has 2 amide bonds. The van der Waals surface area contributed by atoms with E-state index in [0.717, 1.165) is 57.3 Å². The summed E-state index contributed by atoms with van der Waals surface area (Å²) >= 11 is 0. The molecule has 1 heterocycles. The summed E-state index contributed by atoms with van der Waals surface area (Å²) in [5.41, 5.74) is 4.82. The smallest absolute Gasteiger partial charge is 0.253 e. The van der Waals surface area contributed by atoms with Crippen LogP contribution in [0.2, 0.25) is 0 Å². The Morgan fingerprint density at radius 1 is 1.09 bits per heavy atom. The highest BCUT2D eigenvalue weighted by molar-refractivity contribution is 6.02. The lowest BCUT2D eigenvalue weighted by molar-refractivity contribution is -0.120. The Hall–Kier alpha value is -2.86. The molecule has 2 N–H and O–H groups in total. The first-order valence-corrected chi connectivity index (χ1v) is 12.6. The quantitative estimate of drug-likeness (QED) is 0.424. The maximum Gasteiger partial charge on any atom is 0.253 e. The van der Waals surface area contributed by atoms with Crippen LogP contribution < -0.4 is 15.5 Å². The van der Waals surface area contributed by atoms with Gasteiger partial charge >= 0.3 is 0 Å². The average Bonchev–Trinajstić information content (AvgIpc) is 2.86. The monoisotopic (exact) mass is 465 g/mol. The van der Waals surface area contributed by atoms with Crippen LogP contribution in [0.3, 0.4) is 0 Å². The Morgan fingerprint density at radius 2 is 1.88 bits per heavy atom. The van der Waals surface area contributed by atoms with E-state index >= 15 is 0 Å². The van der Waals surface area contributed by atoms with Crippen LogP contribution in [0, 0.1) is 5.92 Å². The molecule has 0 aromatic heterocycles. The van der Waals surface area contributed by atoms with E-state index in [1.54, 1.807) is 7.11 Å². The molecule has 34 heavy (non-hydrogen) atoms. The maximum atomic E-state index is 13.2. The molecule has 0 radical (unpaired) electrons. The van der Waals surface area contributed by atoms with Crippen LogP contribution in [0.15, 0.2) is 42.5 Å². The molecule has 0 saturated heterocycles. The molecular formula is C28H39N3O3. The van der Waals surface area contributed by atoms with Crippen molar-refractivity contribution >= 4 is 23.2 Å². The summed E-state index contributed by atoms with van der Waals surface area (Å²) < 4.78 is 5.10. The second-order valence-electron chi connectivity index (χ2n) is 9.01. The van der Waals surface area contributed by atoms with Gasteiger partial charge in [0.05, 0.1) is 5.56 Å². The second-order valence-corrected chi connectivity index (χ2v) is 9.01. The third-order valence-electron chi connectivity index (χ3n) is 6.56. The number of amides is 2. The largest absolute Gasteiger partial charge is 0.385 e. The van der Waals surface area contributed by atoms with Crippen molar-refractivity contribution in [3.8, 4) is 0 Å². The fourth-order valence-electron chi connectivity index (χ4n) is 4.50. The number of nitrogens with zero attached hydrogens (tertiary/aromatic N) is 1. The Bertz CT molecular complexity index is 960. The summed E-state index contributed by atoms with van der Waals surface area (Å²) in [6, 6.07) is 14.2. The fourth-order valence-corrected chi connectivity index (χ4v) is 4.50. The number of methoxy groups -OCH3 is 1. The minimum absolute atomic E-state index is 0.00968. The number of nitrogens with one attached hydrogen (secondary N) is 2. The van der Waals surface area contributed by atoms with Crippen LogP contribution in [0.1, 0.15) is 67.4 Å². The van der Waals surface area contributed by atoms with Crippen molar-refractivity contribution in [3.05, 3.63) is 59.2 Å². The first-order chi connectivity index (χ1) is 16.6. The number of rotatable bonds is 12. The van der Waals surface area contributed by atoms with Crippen LogP contribution in [-0.2, 0) is 22.5 Å². The lowest BCUT2D eigenvalue weighted by atomic mass is 9.97. The Kier molecular flexibility index (Phi) is 9.95. The molecule has 1 unspecified atom stereocenters. The van der Waals surface area contributed by atoms with Crippen LogP contribution in [0.5, 0.6) is 0 Å². The van der Waals surface area contributed by atoms with E-state index in [1.165, 1.54) is 11.1 Å². The number of anilines is 2. The van der Waals surface area contributed by atoms with Crippen LogP contribution >= 0.6 is 0 Å². The summed E-state index contributed by atoms with van der Waals surface area (Å²) in [6.07, 6.45) is 5.50. The van der Waals surface area contributed by atoms with Gasteiger partial charge in [-0.15, -0.1) is 0 Å². The highest BCUT2D eigenvalue weighted by Gasteiger charge is 2.23. The van der Waals surface area contributed by atoms with Gasteiger partial charge in [0, 0.05) is 50.6 Å². The van der Waals surface area contributed by atoms with E-state index in [-0.39, 0.29) is 17.7 Å². The highest BCUT2D eigenvalue weighted by Crippen LogP contribution is 2.30. The number of unbranched alkanes of at least 4 members (excludes halogenated alkanes) is 1. The van der Waals surface area contributed by atoms with Crippen LogP contribution in [0.4, 0.5) is 11.4 Å². The molecule has 0 bridgehead atoms. The number of hydrogen-bond acceptors (Lipinski definition) is 4. The Morgan fingerprint density at radius 3 is 2.62 bits per heavy atom. The number of hydrogen-bond donors (Lipinski definition) is 2. The molecule has 2 aromatic carbocycles. The molecule has 1 aliphatic heterocycles. The van der Waals surface area contributed by atoms with Gasteiger partial charge in [-0.25, -0.2) is 0 Å². The molecule has 0 aliphatic carbocycles. The van der Waals surface area contributed by atoms with E-state index in [1.807, 2.05) is 18.2 Å². The van der Waals surface area contributed by atoms with Crippen molar-refractivity contribution in [2.24, 2.45) is 5.92 Å². The summed E-state index contributed by atoms with van der Waals surface area (Å²) in [7, 11) is 1.66. The van der Waals surface area contributed by atoms with Crippen molar-refractivity contribution in [3.63, 3.8) is 0 Å². The molecule has 3 rings (SSSR count). The van der Waals surface area contributed by atoms with Crippen LogP contribution in [-0.4, -0.2) is 38.6 Å². The molecule has 0 saturated carbocycles. The second kappa shape index (κ2) is 13.1. The van der Waals surface area contributed by atoms with Crippen molar-refractivity contribution in [2.75, 3.05) is 37.0 Å². The van der Waals surface area contributed by atoms with Gasteiger partial charge in [0.1, 0.15) is 0 Å². The molecule has 184 valence electrons. The summed E-state index contributed by atoms with van der Waals surface area (Å²) in [6.45, 7) is 6.95. The first-order valence-electron chi connectivity index (χ1n) is 12.6. The minimum Gasteiger partial charge on any atom is -0.385 e. The molecule has 0 spiro atoms. The zero-order chi connectivity index (χ0) is 24.3. The number of fused-ring (bicyclic) bond motifs is 1. The predicted molar refractivity (Wildman–Crippen MR) is 138 cm³/mol. The highest BCUT2D eigenvalue weighted by atomic mass is 16.5. The molecule has 1 atom stereocenters. The van der Waals surface area contributed by atoms with Crippen molar-refractivity contribution in [1.82, 2.24) is 5.32 Å². The number of carbonyl (C=O) groups is 2. The normalized spacial score (nSPS) is 13.8. The summed E-state index contributed by atoms with van der Waals surface area (Å²) in [4.78, 5) is 28.3. The van der Waals surface area contributed by atoms with E-state index in [9.17, 15) is 9.59 Å². The number of benzene rings is 2. The van der Waals surface area contributed by atoms with Gasteiger partial charge < -0.3 is 20.3 Å². The predicted octanol–water partition coefficient (Wildman–Crippen LogP) is 5.17. The van der Waals surface area contributed by atoms with E-state index < -0.39 is 0 Å². The SMILES string of the molecule is CCCCC(CC)C(=O)Nc1ccc(N2CCc3ccccc3C2)c(C(=O)NCCCOC)c1. The molecule has 0 fully saturated rings. The number of ether oxygens (including phenoxy) is 1. The molecule has 2 aromatic rings. The zero-order valence-corrected chi connectivity index (χ0v) is 20.9. The van der Waals surface area contributed by atoms with E-state index in [4.69, 9.17) is 4.74 Å². The van der Waals surface area contributed by atoms with Gasteiger partial charge in [-0.05, 0) is 55.0 Å². The first kappa shape index (κ1) is 25.8. The van der Waals surface area contributed by atoms with Gasteiger partial charge in [-0.3, -0.25) is 9.59 Å².